The molecule has 2 heterocycles. The fourth-order valence-electron chi connectivity index (χ4n) is 1.53. The molecule has 16 heavy (non-hydrogen) atoms. The average molecular weight is 335 g/mol. The molecule has 0 aromatic carbocycles. The maximum Gasteiger partial charge on any atom is 0.191 e. The number of nitrogens with one attached hydrogen (secondary N) is 2. The van der Waals surface area contributed by atoms with E-state index in [-0.39, 0.29) is 24.0 Å². The molecule has 0 unspecified atom stereocenters. The average Bonchev–Trinajstić information content (AvgIpc) is 2.66. The zero-order chi connectivity index (χ0) is 10.5. The molecule has 5 nitrogen and oxygen atoms in total. The van der Waals surface area contributed by atoms with E-state index in [9.17, 15) is 0 Å². The molecule has 0 fully saturated rings. The summed E-state index contributed by atoms with van der Waals surface area (Å²) in [6.07, 6.45) is 5.04. The smallest absolute Gasteiger partial charge is 0.191 e. The first-order valence-electron chi connectivity index (χ1n) is 5.36. The van der Waals surface area contributed by atoms with Crippen molar-refractivity contribution in [1.29, 1.82) is 0 Å². The van der Waals surface area contributed by atoms with Gasteiger partial charge in [0, 0.05) is 25.8 Å². The minimum atomic E-state index is 0. The number of rotatable bonds is 3. The number of halogens is 1. The Balaban J connectivity index is 0.00000128. The topological polar surface area (TPSA) is 54.2 Å². The van der Waals surface area contributed by atoms with Crippen LogP contribution in [0, 0.1) is 6.92 Å². The van der Waals surface area contributed by atoms with Gasteiger partial charge in [-0.05, 0) is 18.9 Å². The molecule has 0 atom stereocenters. The molecule has 6 heteroatoms. The second-order valence-corrected chi connectivity index (χ2v) is 3.72. The van der Waals surface area contributed by atoms with Crippen LogP contribution in [-0.4, -0.2) is 35.4 Å². The summed E-state index contributed by atoms with van der Waals surface area (Å²) in [6, 6.07) is 0. The van der Waals surface area contributed by atoms with Crippen molar-refractivity contribution in [2.75, 3.05) is 19.6 Å². The lowest BCUT2D eigenvalue weighted by atomic mass is 10.4. The van der Waals surface area contributed by atoms with Crippen LogP contribution in [0.3, 0.4) is 0 Å². The van der Waals surface area contributed by atoms with Gasteiger partial charge in [-0.1, -0.05) is 0 Å². The maximum absolute atomic E-state index is 4.33. The van der Waals surface area contributed by atoms with Crippen molar-refractivity contribution in [1.82, 2.24) is 20.4 Å². The van der Waals surface area contributed by atoms with Crippen LogP contribution in [0.25, 0.3) is 0 Å². The standard InChI is InChI=1S/C10H17N5.HI/c1-9-7-14-15(8-9)6-5-13-10-11-3-2-4-12-10;/h7-8H,2-6H2,1H3,(H2,11,12,13);1H. The van der Waals surface area contributed by atoms with Gasteiger partial charge in [-0.25, -0.2) is 0 Å². The van der Waals surface area contributed by atoms with Gasteiger partial charge in [-0.3, -0.25) is 9.67 Å². The quantitative estimate of drug-likeness (QED) is 0.802. The molecule has 1 aliphatic heterocycles. The summed E-state index contributed by atoms with van der Waals surface area (Å²) in [7, 11) is 0. The van der Waals surface area contributed by atoms with E-state index < -0.39 is 0 Å². The maximum atomic E-state index is 4.33. The number of aliphatic imine (C=N–C) groups is 1. The highest BCUT2D eigenvalue weighted by molar-refractivity contribution is 14.0. The molecule has 2 rings (SSSR count). The Bertz CT molecular complexity index is 347. The summed E-state index contributed by atoms with van der Waals surface area (Å²) in [5.41, 5.74) is 1.20. The van der Waals surface area contributed by atoms with Crippen molar-refractivity contribution in [2.45, 2.75) is 19.9 Å². The highest BCUT2D eigenvalue weighted by Gasteiger charge is 2.02. The van der Waals surface area contributed by atoms with Crippen LogP contribution < -0.4 is 10.6 Å². The van der Waals surface area contributed by atoms with E-state index in [1.165, 1.54) is 5.56 Å². The Morgan fingerprint density at radius 3 is 3.06 bits per heavy atom. The second-order valence-electron chi connectivity index (χ2n) is 3.72. The zero-order valence-corrected chi connectivity index (χ0v) is 11.8. The Morgan fingerprint density at radius 1 is 1.56 bits per heavy atom. The number of guanidine groups is 1. The van der Waals surface area contributed by atoms with E-state index in [4.69, 9.17) is 0 Å². The van der Waals surface area contributed by atoms with Gasteiger partial charge in [-0.15, -0.1) is 24.0 Å². The molecular formula is C10H18IN5. The van der Waals surface area contributed by atoms with E-state index >= 15 is 0 Å². The molecule has 0 saturated heterocycles. The van der Waals surface area contributed by atoms with Crippen molar-refractivity contribution < 1.29 is 0 Å². The zero-order valence-electron chi connectivity index (χ0n) is 9.44. The number of aryl methyl sites for hydroxylation is 1. The molecule has 0 amide bonds. The van der Waals surface area contributed by atoms with E-state index in [1.54, 1.807) is 0 Å². The Morgan fingerprint density at radius 2 is 2.44 bits per heavy atom. The summed E-state index contributed by atoms with van der Waals surface area (Å²) in [6.45, 7) is 5.72. The monoisotopic (exact) mass is 335 g/mol. The molecule has 1 aromatic rings. The molecule has 0 bridgehead atoms. The van der Waals surface area contributed by atoms with Crippen LogP contribution in [0.5, 0.6) is 0 Å². The lowest BCUT2D eigenvalue weighted by Gasteiger charge is -2.15. The first kappa shape index (κ1) is 13.3. The van der Waals surface area contributed by atoms with Gasteiger partial charge in [0.15, 0.2) is 5.96 Å². The third-order valence-electron chi connectivity index (χ3n) is 2.29. The van der Waals surface area contributed by atoms with Crippen molar-refractivity contribution in [2.24, 2.45) is 4.99 Å². The van der Waals surface area contributed by atoms with E-state index in [0.29, 0.717) is 0 Å². The highest BCUT2D eigenvalue weighted by Crippen LogP contribution is 1.93. The molecule has 0 saturated carbocycles. The third kappa shape index (κ3) is 3.99. The van der Waals surface area contributed by atoms with Crippen LogP contribution in [0.15, 0.2) is 17.4 Å². The summed E-state index contributed by atoms with van der Waals surface area (Å²) >= 11 is 0. The molecule has 2 N–H and O–H groups in total. The fourth-order valence-corrected chi connectivity index (χ4v) is 1.53. The van der Waals surface area contributed by atoms with E-state index in [0.717, 1.165) is 38.6 Å². The van der Waals surface area contributed by atoms with Gasteiger partial charge in [0.2, 0.25) is 0 Å². The highest BCUT2D eigenvalue weighted by atomic mass is 127. The van der Waals surface area contributed by atoms with Crippen LogP contribution in [0.2, 0.25) is 0 Å². The van der Waals surface area contributed by atoms with E-state index in [1.807, 2.05) is 24.0 Å². The fraction of sp³-hybridized carbons (Fsp3) is 0.600. The van der Waals surface area contributed by atoms with Crippen molar-refractivity contribution in [3.63, 3.8) is 0 Å². The van der Waals surface area contributed by atoms with Crippen LogP contribution >= 0.6 is 24.0 Å². The van der Waals surface area contributed by atoms with Crippen LogP contribution in [0.4, 0.5) is 0 Å². The predicted octanol–water partition coefficient (Wildman–Crippen LogP) is 0.748. The number of hydrogen-bond acceptors (Lipinski definition) is 4. The number of hydrogen-bond donors (Lipinski definition) is 2. The minimum Gasteiger partial charge on any atom is -0.356 e. The van der Waals surface area contributed by atoms with Crippen molar-refractivity contribution in [3.8, 4) is 0 Å². The van der Waals surface area contributed by atoms with Crippen LogP contribution in [0.1, 0.15) is 12.0 Å². The molecule has 0 spiro atoms. The van der Waals surface area contributed by atoms with Crippen molar-refractivity contribution >= 4 is 29.9 Å². The molecule has 0 radical (unpaired) electrons. The Labute approximate surface area is 113 Å². The normalized spacial score (nSPS) is 14.7. The lowest BCUT2D eigenvalue weighted by molar-refractivity contribution is 0.591. The van der Waals surface area contributed by atoms with Gasteiger partial charge < -0.3 is 10.6 Å². The third-order valence-corrected chi connectivity index (χ3v) is 2.29. The molecular weight excluding hydrogens is 317 g/mol. The minimum absolute atomic E-state index is 0. The summed E-state index contributed by atoms with van der Waals surface area (Å²) < 4.78 is 1.94. The Hall–Kier alpha value is -0.790. The van der Waals surface area contributed by atoms with E-state index in [2.05, 4.69) is 20.7 Å². The Kier molecular flexibility index (Phi) is 5.58. The molecule has 1 aliphatic rings. The first-order valence-corrected chi connectivity index (χ1v) is 5.36. The largest absolute Gasteiger partial charge is 0.356 e. The van der Waals surface area contributed by atoms with Crippen LogP contribution in [-0.2, 0) is 6.54 Å². The summed E-state index contributed by atoms with van der Waals surface area (Å²) in [5.74, 6) is 0.921. The second kappa shape index (κ2) is 6.72. The van der Waals surface area contributed by atoms with Gasteiger partial charge in [0.25, 0.3) is 0 Å². The molecule has 90 valence electrons. The van der Waals surface area contributed by atoms with Gasteiger partial charge in [0.1, 0.15) is 0 Å². The molecule has 1 aromatic heterocycles. The van der Waals surface area contributed by atoms with Gasteiger partial charge in [0.05, 0.1) is 12.7 Å². The summed E-state index contributed by atoms with van der Waals surface area (Å²) in [4.78, 5) is 4.33. The van der Waals surface area contributed by atoms with Gasteiger partial charge in [-0.2, -0.15) is 5.10 Å². The summed E-state index contributed by atoms with van der Waals surface area (Å²) in [5, 5.41) is 10.7. The van der Waals surface area contributed by atoms with Crippen molar-refractivity contribution in [3.05, 3.63) is 18.0 Å². The predicted molar refractivity (Wildman–Crippen MR) is 75.3 cm³/mol. The first-order chi connectivity index (χ1) is 7.34. The number of nitrogens with zero attached hydrogens (tertiary/aromatic N) is 3. The molecule has 0 aliphatic carbocycles. The van der Waals surface area contributed by atoms with Gasteiger partial charge >= 0.3 is 0 Å². The number of aromatic nitrogens is 2. The SMILES string of the molecule is Cc1cnn(CCNC2=NCCCN2)c1.I. The lowest BCUT2D eigenvalue weighted by Crippen LogP contribution is -2.41.